The second-order valence-electron chi connectivity index (χ2n) is 4.50. The Hall–Kier alpha value is -1.63. The van der Waals surface area contributed by atoms with Crippen LogP contribution in [-0.2, 0) is 14.6 Å². The van der Waals surface area contributed by atoms with Crippen LogP contribution in [0.25, 0.3) is 0 Å². The third kappa shape index (κ3) is 4.20. The highest BCUT2D eigenvalue weighted by molar-refractivity contribution is 7.90. The van der Waals surface area contributed by atoms with E-state index in [2.05, 4.69) is 10.3 Å². The van der Waals surface area contributed by atoms with Crippen LogP contribution < -0.4 is 5.32 Å². The number of sulfone groups is 1. The van der Waals surface area contributed by atoms with E-state index in [1.807, 2.05) is 13.8 Å². The van der Waals surface area contributed by atoms with Gasteiger partial charge in [0, 0.05) is 12.5 Å². The molecular weight excluding hydrogens is 268 g/mol. The van der Waals surface area contributed by atoms with E-state index < -0.39 is 21.8 Å². The maximum Gasteiger partial charge on any atom is 0.326 e. The first-order chi connectivity index (χ1) is 8.75. The molecule has 0 aromatic carbocycles. The van der Waals surface area contributed by atoms with Crippen LogP contribution in [0.5, 0.6) is 0 Å². The van der Waals surface area contributed by atoms with Crippen molar-refractivity contribution >= 4 is 21.6 Å². The Morgan fingerprint density at radius 3 is 2.47 bits per heavy atom. The Morgan fingerprint density at radius 2 is 2.11 bits per heavy atom. The number of carboxylic acid groups (broad SMARTS) is 1. The topological polar surface area (TPSA) is 96.4 Å². The Morgan fingerprint density at radius 1 is 1.47 bits per heavy atom. The highest BCUT2D eigenvalue weighted by atomic mass is 32.2. The zero-order valence-electron chi connectivity index (χ0n) is 11.1. The number of pyridine rings is 1. The molecule has 0 unspecified atom stereocenters. The molecule has 0 saturated carbocycles. The molecule has 0 radical (unpaired) electrons. The van der Waals surface area contributed by atoms with Gasteiger partial charge in [0.1, 0.15) is 11.9 Å². The van der Waals surface area contributed by atoms with E-state index in [0.717, 1.165) is 6.26 Å². The molecule has 6 nitrogen and oxygen atoms in total. The lowest BCUT2D eigenvalue weighted by Gasteiger charge is -2.20. The average Bonchev–Trinajstić information content (AvgIpc) is 2.34. The second kappa shape index (κ2) is 6.01. The van der Waals surface area contributed by atoms with Crippen LogP contribution in [0.2, 0.25) is 0 Å². The number of nitrogens with zero attached hydrogens (tertiary/aromatic N) is 1. The fourth-order valence-corrected chi connectivity index (χ4v) is 2.09. The molecule has 1 aromatic heterocycles. The zero-order valence-corrected chi connectivity index (χ0v) is 11.9. The number of aliphatic carboxylic acids is 1. The Labute approximate surface area is 112 Å². The molecule has 1 heterocycles. The quantitative estimate of drug-likeness (QED) is 0.820. The molecule has 7 heteroatoms. The van der Waals surface area contributed by atoms with Crippen molar-refractivity contribution < 1.29 is 18.3 Å². The standard InChI is InChI=1S/C12H18N2O4S/c1-4-8(2)11(12(15)16)14-10-6-5-9(7-13-10)19(3,17)18/h5-8,11H,4H2,1-3H3,(H,13,14)(H,15,16)/t8-,11-/m0/s1. The van der Waals surface area contributed by atoms with Crippen LogP contribution in [0.4, 0.5) is 5.82 Å². The SMILES string of the molecule is CC[C@H](C)[C@H](Nc1ccc(S(C)(=O)=O)cn1)C(=O)O. The number of rotatable bonds is 6. The minimum Gasteiger partial charge on any atom is -0.480 e. The molecule has 0 saturated heterocycles. The maximum absolute atomic E-state index is 11.3. The Bertz CT molecular complexity index is 539. The summed E-state index contributed by atoms with van der Waals surface area (Å²) in [7, 11) is -3.29. The second-order valence-corrected chi connectivity index (χ2v) is 6.51. The van der Waals surface area contributed by atoms with Crippen molar-refractivity contribution in [1.82, 2.24) is 4.98 Å². The lowest BCUT2D eigenvalue weighted by Crippen LogP contribution is -2.35. The summed E-state index contributed by atoms with van der Waals surface area (Å²) in [5, 5.41) is 11.9. The first-order valence-electron chi connectivity index (χ1n) is 5.91. The van der Waals surface area contributed by atoms with Gasteiger partial charge in [-0.3, -0.25) is 0 Å². The van der Waals surface area contributed by atoms with Gasteiger partial charge in [0.25, 0.3) is 0 Å². The summed E-state index contributed by atoms with van der Waals surface area (Å²) in [6.07, 6.45) is 3.02. The van der Waals surface area contributed by atoms with Gasteiger partial charge in [-0.15, -0.1) is 0 Å². The van der Waals surface area contributed by atoms with E-state index in [1.54, 1.807) is 0 Å². The van der Waals surface area contributed by atoms with Gasteiger partial charge in [0.15, 0.2) is 9.84 Å². The van der Waals surface area contributed by atoms with E-state index >= 15 is 0 Å². The van der Waals surface area contributed by atoms with E-state index in [0.29, 0.717) is 12.2 Å². The molecule has 1 rings (SSSR count). The van der Waals surface area contributed by atoms with Crippen molar-refractivity contribution in [2.24, 2.45) is 5.92 Å². The van der Waals surface area contributed by atoms with E-state index in [-0.39, 0.29) is 10.8 Å². The van der Waals surface area contributed by atoms with Gasteiger partial charge in [0.2, 0.25) is 0 Å². The summed E-state index contributed by atoms with van der Waals surface area (Å²) < 4.78 is 22.5. The number of hydrogen-bond donors (Lipinski definition) is 2. The summed E-state index contributed by atoms with van der Waals surface area (Å²) in [5.74, 6) is -0.669. The van der Waals surface area contributed by atoms with Gasteiger partial charge in [-0.05, 0) is 18.1 Å². The van der Waals surface area contributed by atoms with Gasteiger partial charge in [0.05, 0.1) is 4.90 Å². The molecule has 0 spiro atoms. The molecular formula is C12H18N2O4S. The lowest BCUT2D eigenvalue weighted by atomic mass is 9.99. The number of carbonyl (C=O) groups is 1. The molecule has 106 valence electrons. The van der Waals surface area contributed by atoms with Gasteiger partial charge >= 0.3 is 5.97 Å². The van der Waals surface area contributed by atoms with Crippen molar-refractivity contribution in [3.8, 4) is 0 Å². The van der Waals surface area contributed by atoms with Crippen LogP contribution in [0.1, 0.15) is 20.3 Å². The molecule has 0 bridgehead atoms. The molecule has 0 fully saturated rings. The van der Waals surface area contributed by atoms with Crippen molar-refractivity contribution in [3.63, 3.8) is 0 Å². The van der Waals surface area contributed by atoms with Crippen LogP contribution in [0, 0.1) is 5.92 Å². The molecule has 0 amide bonds. The average molecular weight is 286 g/mol. The Kier molecular flexibility index (Phi) is 4.88. The maximum atomic E-state index is 11.3. The molecule has 0 aliphatic rings. The third-order valence-electron chi connectivity index (χ3n) is 2.95. The minimum atomic E-state index is -3.29. The monoisotopic (exact) mass is 286 g/mol. The molecule has 19 heavy (non-hydrogen) atoms. The van der Waals surface area contributed by atoms with Crippen LogP contribution in [0.3, 0.4) is 0 Å². The zero-order chi connectivity index (χ0) is 14.6. The molecule has 2 N–H and O–H groups in total. The van der Waals surface area contributed by atoms with Crippen LogP contribution in [-0.4, -0.2) is 36.8 Å². The largest absolute Gasteiger partial charge is 0.480 e. The summed E-state index contributed by atoms with van der Waals surface area (Å²) in [6.45, 7) is 3.74. The molecule has 0 aliphatic carbocycles. The predicted octanol–water partition coefficient (Wildman–Crippen LogP) is 1.40. The van der Waals surface area contributed by atoms with Crippen molar-refractivity contribution in [3.05, 3.63) is 18.3 Å². The predicted molar refractivity (Wildman–Crippen MR) is 71.8 cm³/mol. The number of anilines is 1. The van der Waals surface area contributed by atoms with Crippen molar-refractivity contribution in [1.29, 1.82) is 0 Å². The lowest BCUT2D eigenvalue weighted by molar-refractivity contribution is -0.139. The summed E-state index contributed by atoms with van der Waals surface area (Å²) in [5.41, 5.74) is 0. The van der Waals surface area contributed by atoms with Crippen molar-refractivity contribution in [2.45, 2.75) is 31.2 Å². The summed E-state index contributed by atoms with van der Waals surface area (Å²) in [4.78, 5) is 15.2. The number of aromatic nitrogens is 1. The molecule has 0 aliphatic heterocycles. The van der Waals surface area contributed by atoms with Gasteiger partial charge in [-0.25, -0.2) is 18.2 Å². The number of nitrogens with one attached hydrogen (secondary N) is 1. The van der Waals surface area contributed by atoms with Gasteiger partial charge < -0.3 is 10.4 Å². The fraction of sp³-hybridized carbons (Fsp3) is 0.500. The highest BCUT2D eigenvalue weighted by Gasteiger charge is 2.23. The van der Waals surface area contributed by atoms with Gasteiger partial charge in [-0.1, -0.05) is 20.3 Å². The van der Waals surface area contributed by atoms with E-state index in [9.17, 15) is 13.2 Å². The fourth-order valence-electron chi connectivity index (χ4n) is 1.53. The molecule has 2 atom stereocenters. The minimum absolute atomic E-state index is 0.0612. The number of hydrogen-bond acceptors (Lipinski definition) is 5. The van der Waals surface area contributed by atoms with Crippen molar-refractivity contribution in [2.75, 3.05) is 11.6 Å². The van der Waals surface area contributed by atoms with Crippen LogP contribution >= 0.6 is 0 Å². The normalized spacial score (nSPS) is 14.7. The Balaban J connectivity index is 2.90. The van der Waals surface area contributed by atoms with E-state index in [1.165, 1.54) is 18.3 Å². The summed E-state index contributed by atoms with van der Waals surface area (Å²) in [6, 6.07) is 2.12. The summed E-state index contributed by atoms with van der Waals surface area (Å²) >= 11 is 0. The van der Waals surface area contributed by atoms with E-state index in [4.69, 9.17) is 5.11 Å². The smallest absolute Gasteiger partial charge is 0.326 e. The molecule has 1 aromatic rings. The van der Waals surface area contributed by atoms with Crippen LogP contribution in [0.15, 0.2) is 23.2 Å². The highest BCUT2D eigenvalue weighted by Crippen LogP contribution is 2.15. The third-order valence-corrected chi connectivity index (χ3v) is 4.04. The number of carboxylic acids is 1. The van der Waals surface area contributed by atoms with Gasteiger partial charge in [-0.2, -0.15) is 0 Å². The first-order valence-corrected chi connectivity index (χ1v) is 7.80. The first kappa shape index (κ1) is 15.4.